The Morgan fingerprint density at radius 3 is 2.07 bits per heavy atom. The maximum absolute atomic E-state index is 2.44. The van der Waals surface area contributed by atoms with Crippen LogP contribution < -0.4 is 0 Å². The molecule has 14 heavy (non-hydrogen) atoms. The van der Waals surface area contributed by atoms with E-state index in [1.807, 2.05) is 0 Å². The van der Waals surface area contributed by atoms with Gasteiger partial charge in [0, 0.05) is 0 Å². The molecule has 0 N–H and O–H groups in total. The Morgan fingerprint density at radius 1 is 1.21 bits per heavy atom. The topological polar surface area (TPSA) is 0 Å². The molecule has 0 aromatic heterocycles. The Labute approximate surface area is 90.8 Å². The van der Waals surface area contributed by atoms with E-state index < -0.39 is 0 Å². The van der Waals surface area contributed by atoms with Gasteiger partial charge in [0.1, 0.15) is 0 Å². The van der Waals surface area contributed by atoms with E-state index in [1.54, 1.807) is 5.57 Å². The second-order valence-corrected chi connectivity index (χ2v) is 5.96. The molecule has 0 aliphatic rings. The zero-order valence-electron chi connectivity index (χ0n) is 11.1. The number of hydrogen-bond donors (Lipinski definition) is 0. The Hall–Kier alpha value is -0.260. The second kappa shape index (κ2) is 5.58. The molecule has 0 rings (SSSR count). The summed E-state index contributed by atoms with van der Waals surface area (Å²) in [6.07, 6.45) is 4.97. The normalized spacial score (nSPS) is 18.1. The fraction of sp³-hybridized carbons (Fsp3) is 0.857. The van der Waals surface area contributed by atoms with Gasteiger partial charge in [0.2, 0.25) is 0 Å². The van der Waals surface area contributed by atoms with Crippen LogP contribution in [0.1, 0.15) is 61.3 Å². The van der Waals surface area contributed by atoms with Crippen LogP contribution in [-0.4, -0.2) is 0 Å². The van der Waals surface area contributed by atoms with E-state index in [1.165, 1.54) is 12.8 Å². The van der Waals surface area contributed by atoms with Crippen molar-refractivity contribution in [1.29, 1.82) is 0 Å². The van der Waals surface area contributed by atoms with Gasteiger partial charge in [-0.3, -0.25) is 0 Å². The van der Waals surface area contributed by atoms with Crippen molar-refractivity contribution in [1.82, 2.24) is 0 Å². The van der Waals surface area contributed by atoms with Crippen molar-refractivity contribution in [3.63, 3.8) is 0 Å². The van der Waals surface area contributed by atoms with Crippen molar-refractivity contribution < 1.29 is 0 Å². The first-order valence-electron chi connectivity index (χ1n) is 5.94. The van der Waals surface area contributed by atoms with E-state index in [0.717, 1.165) is 11.8 Å². The lowest BCUT2D eigenvalue weighted by Crippen LogP contribution is -2.12. The Morgan fingerprint density at radius 2 is 1.71 bits per heavy atom. The lowest BCUT2D eigenvalue weighted by atomic mass is 9.82. The highest BCUT2D eigenvalue weighted by Gasteiger charge is 2.16. The first kappa shape index (κ1) is 13.7. The summed E-state index contributed by atoms with van der Waals surface area (Å²) in [6.45, 7) is 16.1. The van der Waals surface area contributed by atoms with Gasteiger partial charge in [0.25, 0.3) is 0 Å². The molecular weight excluding hydrogens is 168 g/mol. The van der Waals surface area contributed by atoms with Crippen LogP contribution in [0.4, 0.5) is 0 Å². The van der Waals surface area contributed by atoms with Crippen LogP contribution in [0.2, 0.25) is 0 Å². The van der Waals surface area contributed by atoms with E-state index in [9.17, 15) is 0 Å². The first-order chi connectivity index (χ1) is 6.26. The molecule has 0 amide bonds. The largest absolute Gasteiger partial charge is 0.0825 e. The van der Waals surface area contributed by atoms with Crippen LogP contribution in [0.5, 0.6) is 0 Å². The molecular formula is C14H28. The highest BCUT2D eigenvalue weighted by molar-refractivity contribution is 5.04. The summed E-state index contributed by atoms with van der Waals surface area (Å²) in [7, 11) is 0. The zero-order chi connectivity index (χ0) is 11.4. The molecule has 0 fully saturated rings. The van der Waals surface area contributed by atoms with Gasteiger partial charge < -0.3 is 0 Å². The predicted molar refractivity (Wildman–Crippen MR) is 66.4 cm³/mol. The summed E-state index contributed by atoms with van der Waals surface area (Å²) in [5.74, 6) is 1.46. The highest BCUT2D eigenvalue weighted by atomic mass is 14.2. The van der Waals surface area contributed by atoms with Gasteiger partial charge in [-0.2, -0.15) is 0 Å². The summed E-state index contributed by atoms with van der Waals surface area (Å²) < 4.78 is 0. The number of hydrogen-bond acceptors (Lipinski definition) is 0. The molecule has 2 atom stereocenters. The van der Waals surface area contributed by atoms with Gasteiger partial charge in [-0.1, -0.05) is 59.6 Å². The molecule has 0 heterocycles. The van der Waals surface area contributed by atoms with Gasteiger partial charge in [0.05, 0.1) is 0 Å². The Balaban J connectivity index is 4.25. The van der Waals surface area contributed by atoms with Gasteiger partial charge >= 0.3 is 0 Å². The average molecular weight is 196 g/mol. The van der Waals surface area contributed by atoms with Crippen molar-refractivity contribution in [3.05, 3.63) is 11.6 Å². The fourth-order valence-electron chi connectivity index (χ4n) is 1.81. The molecule has 0 radical (unpaired) electrons. The van der Waals surface area contributed by atoms with E-state index in [2.05, 4.69) is 54.5 Å². The van der Waals surface area contributed by atoms with Crippen LogP contribution in [0.15, 0.2) is 11.6 Å². The molecule has 0 saturated carbocycles. The van der Waals surface area contributed by atoms with Crippen LogP contribution in [0, 0.1) is 17.3 Å². The van der Waals surface area contributed by atoms with Gasteiger partial charge in [-0.15, -0.1) is 0 Å². The third-order valence-corrected chi connectivity index (χ3v) is 2.89. The third-order valence-electron chi connectivity index (χ3n) is 2.89. The van der Waals surface area contributed by atoms with Gasteiger partial charge in [0.15, 0.2) is 0 Å². The smallest absolute Gasteiger partial charge is 0.0229 e. The third kappa shape index (κ3) is 6.23. The molecule has 2 unspecified atom stereocenters. The molecule has 0 aliphatic carbocycles. The minimum absolute atomic E-state index is 0.448. The molecule has 84 valence electrons. The summed E-state index contributed by atoms with van der Waals surface area (Å²) in [6, 6.07) is 0. The summed E-state index contributed by atoms with van der Waals surface area (Å²) >= 11 is 0. The second-order valence-electron chi connectivity index (χ2n) is 5.96. The lowest BCUT2D eigenvalue weighted by molar-refractivity contribution is 0.328. The minimum Gasteiger partial charge on any atom is -0.0825 e. The summed E-state index contributed by atoms with van der Waals surface area (Å²) in [5.41, 5.74) is 2.01. The monoisotopic (exact) mass is 196 g/mol. The summed E-state index contributed by atoms with van der Waals surface area (Å²) in [5, 5.41) is 0. The van der Waals surface area contributed by atoms with Crippen molar-refractivity contribution in [2.75, 3.05) is 0 Å². The molecule has 0 heteroatoms. The van der Waals surface area contributed by atoms with Crippen molar-refractivity contribution in [2.45, 2.75) is 61.3 Å². The van der Waals surface area contributed by atoms with E-state index in [-0.39, 0.29) is 0 Å². The fourth-order valence-corrected chi connectivity index (χ4v) is 1.81. The van der Waals surface area contributed by atoms with E-state index in [0.29, 0.717) is 5.41 Å². The Kier molecular flexibility index (Phi) is 5.48. The number of rotatable bonds is 4. The maximum Gasteiger partial charge on any atom is -0.0229 e. The van der Waals surface area contributed by atoms with Crippen LogP contribution in [-0.2, 0) is 0 Å². The van der Waals surface area contributed by atoms with Crippen molar-refractivity contribution in [3.8, 4) is 0 Å². The van der Waals surface area contributed by atoms with E-state index >= 15 is 0 Å². The van der Waals surface area contributed by atoms with Crippen molar-refractivity contribution >= 4 is 0 Å². The molecule has 0 aliphatic heterocycles. The molecule has 0 saturated heterocycles. The highest BCUT2D eigenvalue weighted by Crippen LogP contribution is 2.28. The van der Waals surface area contributed by atoms with Crippen LogP contribution in [0.3, 0.4) is 0 Å². The zero-order valence-corrected chi connectivity index (χ0v) is 11.1. The Bertz CT molecular complexity index is 181. The van der Waals surface area contributed by atoms with Gasteiger partial charge in [-0.05, 0) is 30.6 Å². The molecule has 0 nitrogen and oxygen atoms in total. The SMILES string of the molecule is CCC(C)C=C(C)C(C)CC(C)(C)C. The van der Waals surface area contributed by atoms with Crippen LogP contribution >= 0.6 is 0 Å². The van der Waals surface area contributed by atoms with Crippen LogP contribution in [0.25, 0.3) is 0 Å². The predicted octanol–water partition coefficient (Wildman–Crippen LogP) is 5.05. The maximum atomic E-state index is 2.44. The number of allylic oxidation sites excluding steroid dienone is 2. The molecule has 0 aromatic rings. The van der Waals surface area contributed by atoms with Crippen molar-refractivity contribution in [2.24, 2.45) is 17.3 Å². The standard InChI is InChI=1S/C14H28/c1-8-11(2)9-12(3)13(4)10-14(5,6)7/h9,11,13H,8,10H2,1-7H3. The minimum atomic E-state index is 0.448. The quantitative estimate of drug-likeness (QED) is 0.552. The first-order valence-corrected chi connectivity index (χ1v) is 5.94. The molecule has 0 spiro atoms. The average Bonchev–Trinajstić information content (AvgIpc) is 2.00. The molecule has 0 aromatic carbocycles. The molecule has 0 bridgehead atoms. The van der Waals surface area contributed by atoms with Gasteiger partial charge in [-0.25, -0.2) is 0 Å². The van der Waals surface area contributed by atoms with E-state index in [4.69, 9.17) is 0 Å². The lowest BCUT2D eigenvalue weighted by Gasteiger charge is -2.24. The summed E-state index contributed by atoms with van der Waals surface area (Å²) in [4.78, 5) is 0.